The minimum atomic E-state index is -0.0714. The SMILES string of the molecule is CCC(Br)CNC(=O)c1cc(Cl)ccc1C. The van der Waals surface area contributed by atoms with E-state index < -0.39 is 0 Å². The van der Waals surface area contributed by atoms with Crippen molar-refractivity contribution >= 4 is 33.4 Å². The summed E-state index contributed by atoms with van der Waals surface area (Å²) in [7, 11) is 0. The van der Waals surface area contributed by atoms with Crippen LogP contribution in [0.2, 0.25) is 5.02 Å². The van der Waals surface area contributed by atoms with Gasteiger partial charge in [-0.05, 0) is 31.0 Å². The molecule has 1 aromatic rings. The first-order valence-electron chi connectivity index (χ1n) is 5.23. The number of hydrogen-bond donors (Lipinski definition) is 1. The van der Waals surface area contributed by atoms with Crippen molar-refractivity contribution in [3.8, 4) is 0 Å². The van der Waals surface area contributed by atoms with Crippen molar-refractivity contribution in [3.05, 3.63) is 34.3 Å². The monoisotopic (exact) mass is 303 g/mol. The predicted octanol–water partition coefficient (Wildman–Crippen LogP) is 3.55. The number of amides is 1. The van der Waals surface area contributed by atoms with Crippen molar-refractivity contribution in [3.63, 3.8) is 0 Å². The van der Waals surface area contributed by atoms with Gasteiger partial charge >= 0.3 is 0 Å². The summed E-state index contributed by atoms with van der Waals surface area (Å²) >= 11 is 9.33. The maximum Gasteiger partial charge on any atom is 0.251 e. The van der Waals surface area contributed by atoms with Crippen LogP contribution < -0.4 is 5.32 Å². The summed E-state index contributed by atoms with van der Waals surface area (Å²) in [6.45, 7) is 4.59. The maximum atomic E-state index is 11.8. The van der Waals surface area contributed by atoms with Gasteiger partial charge in [0, 0.05) is 22.0 Å². The van der Waals surface area contributed by atoms with Gasteiger partial charge in [-0.2, -0.15) is 0 Å². The number of halogens is 2. The zero-order valence-electron chi connectivity index (χ0n) is 9.39. The van der Waals surface area contributed by atoms with E-state index >= 15 is 0 Å². The largest absolute Gasteiger partial charge is 0.351 e. The number of rotatable bonds is 4. The topological polar surface area (TPSA) is 29.1 Å². The lowest BCUT2D eigenvalue weighted by Gasteiger charge is -2.10. The molecule has 1 rings (SSSR count). The van der Waals surface area contributed by atoms with E-state index in [9.17, 15) is 4.79 Å². The molecule has 0 saturated carbocycles. The van der Waals surface area contributed by atoms with Crippen LogP contribution >= 0.6 is 27.5 Å². The van der Waals surface area contributed by atoms with Crippen LogP contribution in [0.3, 0.4) is 0 Å². The summed E-state index contributed by atoms with van der Waals surface area (Å²) in [5.74, 6) is -0.0714. The zero-order chi connectivity index (χ0) is 12.1. The van der Waals surface area contributed by atoms with Gasteiger partial charge < -0.3 is 5.32 Å². The van der Waals surface area contributed by atoms with E-state index in [1.165, 1.54) is 0 Å². The molecule has 0 radical (unpaired) electrons. The van der Waals surface area contributed by atoms with Crippen molar-refractivity contribution in [2.45, 2.75) is 25.1 Å². The van der Waals surface area contributed by atoms with E-state index in [4.69, 9.17) is 11.6 Å². The van der Waals surface area contributed by atoms with Gasteiger partial charge in [0.1, 0.15) is 0 Å². The Labute approximate surface area is 110 Å². The van der Waals surface area contributed by atoms with Gasteiger partial charge in [0.05, 0.1) is 0 Å². The highest BCUT2D eigenvalue weighted by Crippen LogP contribution is 2.15. The van der Waals surface area contributed by atoms with Crippen molar-refractivity contribution in [2.75, 3.05) is 6.54 Å². The molecule has 1 amide bonds. The average Bonchev–Trinajstić information content (AvgIpc) is 2.28. The molecule has 0 aliphatic heterocycles. The molecule has 0 saturated heterocycles. The molecule has 0 spiro atoms. The van der Waals surface area contributed by atoms with Gasteiger partial charge in [-0.1, -0.05) is 40.5 Å². The third-order valence-electron chi connectivity index (χ3n) is 2.37. The zero-order valence-corrected chi connectivity index (χ0v) is 11.7. The van der Waals surface area contributed by atoms with E-state index in [0.29, 0.717) is 22.0 Å². The summed E-state index contributed by atoms with van der Waals surface area (Å²) in [4.78, 5) is 12.2. The molecule has 1 atom stereocenters. The van der Waals surface area contributed by atoms with E-state index in [1.807, 2.05) is 13.0 Å². The van der Waals surface area contributed by atoms with Crippen LogP contribution in [-0.2, 0) is 0 Å². The molecule has 0 aliphatic rings. The lowest BCUT2D eigenvalue weighted by atomic mass is 10.1. The van der Waals surface area contributed by atoms with Crippen LogP contribution in [0, 0.1) is 6.92 Å². The average molecular weight is 305 g/mol. The Hall–Kier alpha value is -0.540. The summed E-state index contributed by atoms with van der Waals surface area (Å²) in [6.07, 6.45) is 0.981. The number of carbonyl (C=O) groups excluding carboxylic acids is 1. The highest BCUT2D eigenvalue weighted by Gasteiger charge is 2.10. The number of hydrogen-bond acceptors (Lipinski definition) is 1. The van der Waals surface area contributed by atoms with E-state index in [0.717, 1.165) is 12.0 Å². The second kappa shape index (κ2) is 6.26. The smallest absolute Gasteiger partial charge is 0.251 e. The number of alkyl halides is 1. The maximum absolute atomic E-state index is 11.8. The van der Waals surface area contributed by atoms with Gasteiger partial charge in [-0.25, -0.2) is 0 Å². The molecular weight excluding hydrogens is 289 g/mol. The first-order chi connectivity index (χ1) is 7.54. The van der Waals surface area contributed by atoms with Crippen LogP contribution in [0.25, 0.3) is 0 Å². The molecular formula is C12H15BrClNO. The van der Waals surface area contributed by atoms with Crippen LogP contribution in [0.4, 0.5) is 0 Å². The van der Waals surface area contributed by atoms with Crippen molar-refractivity contribution in [1.82, 2.24) is 5.32 Å². The highest BCUT2D eigenvalue weighted by atomic mass is 79.9. The number of nitrogens with one attached hydrogen (secondary N) is 1. The third-order valence-corrected chi connectivity index (χ3v) is 3.58. The molecule has 0 fully saturated rings. The fourth-order valence-corrected chi connectivity index (χ4v) is 1.62. The normalized spacial score (nSPS) is 12.2. The second-order valence-corrected chi connectivity index (χ2v) is 5.41. The standard InChI is InChI=1S/C12H15BrClNO/c1-3-9(13)7-15-12(16)11-6-10(14)5-4-8(11)2/h4-6,9H,3,7H2,1-2H3,(H,15,16). The summed E-state index contributed by atoms with van der Waals surface area (Å²) < 4.78 is 0. The minimum Gasteiger partial charge on any atom is -0.351 e. The Balaban J connectivity index is 2.69. The number of carbonyl (C=O) groups is 1. The molecule has 4 heteroatoms. The van der Waals surface area contributed by atoms with Gasteiger partial charge in [-0.3, -0.25) is 4.79 Å². The van der Waals surface area contributed by atoms with Gasteiger partial charge in [0.2, 0.25) is 0 Å². The summed E-state index contributed by atoms with van der Waals surface area (Å²) in [6, 6.07) is 5.33. The lowest BCUT2D eigenvalue weighted by Crippen LogP contribution is -2.29. The van der Waals surface area contributed by atoms with E-state index in [2.05, 4.69) is 28.2 Å². The highest BCUT2D eigenvalue weighted by molar-refractivity contribution is 9.09. The first kappa shape index (κ1) is 13.5. The predicted molar refractivity (Wildman–Crippen MR) is 71.5 cm³/mol. The first-order valence-corrected chi connectivity index (χ1v) is 6.52. The Morgan fingerprint density at radius 1 is 1.56 bits per heavy atom. The van der Waals surface area contributed by atoms with Gasteiger partial charge in [-0.15, -0.1) is 0 Å². The Morgan fingerprint density at radius 3 is 2.88 bits per heavy atom. The number of aryl methyl sites for hydroxylation is 1. The lowest BCUT2D eigenvalue weighted by molar-refractivity contribution is 0.0953. The molecule has 0 heterocycles. The van der Waals surface area contributed by atoms with E-state index in [-0.39, 0.29) is 5.91 Å². The molecule has 16 heavy (non-hydrogen) atoms. The molecule has 0 aromatic heterocycles. The fraction of sp³-hybridized carbons (Fsp3) is 0.417. The third kappa shape index (κ3) is 3.80. The van der Waals surface area contributed by atoms with Crippen molar-refractivity contribution < 1.29 is 4.79 Å². The molecule has 1 unspecified atom stereocenters. The van der Waals surface area contributed by atoms with Crippen LogP contribution in [-0.4, -0.2) is 17.3 Å². The molecule has 1 aromatic carbocycles. The summed E-state index contributed by atoms with van der Waals surface area (Å²) in [5, 5.41) is 3.46. The molecule has 88 valence electrons. The Bertz CT molecular complexity index is 381. The van der Waals surface area contributed by atoms with Crippen LogP contribution in [0.15, 0.2) is 18.2 Å². The summed E-state index contributed by atoms with van der Waals surface area (Å²) in [5.41, 5.74) is 1.58. The van der Waals surface area contributed by atoms with Crippen LogP contribution in [0.5, 0.6) is 0 Å². The van der Waals surface area contributed by atoms with Gasteiger partial charge in [0.15, 0.2) is 0 Å². The fourth-order valence-electron chi connectivity index (χ4n) is 1.28. The molecule has 0 bridgehead atoms. The molecule has 1 N–H and O–H groups in total. The van der Waals surface area contributed by atoms with Crippen LogP contribution in [0.1, 0.15) is 29.3 Å². The quantitative estimate of drug-likeness (QED) is 0.847. The van der Waals surface area contributed by atoms with Crippen molar-refractivity contribution in [2.24, 2.45) is 0 Å². The van der Waals surface area contributed by atoms with Gasteiger partial charge in [0.25, 0.3) is 5.91 Å². The van der Waals surface area contributed by atoms with E-state index in [1.54, 1.807) is 12.1 Å². The van der Waals surface area contributed by atoms with Crippen molar-refractivity contribution in [1.29, 1.82) is 0 Å². The molecule has 0 aliphatic carbocycles. The number of benzene rings is 1. The Morgan fingerprint density at radius 2 is 2.25 bits per heavy atom. The second-order valence-electron chi connectivity index (χ2n) is 3.67. The minimum absolute atomic E-state index is 0.0714. The molecule has 2 nitrogen and oxygen atoms in total. The Kier molecular flexibility index (Phi) is 5.29.